The molecule has 0 aliphatic carbocycles. The van der Waals surface area contributed by atoms with E-state index in [-0.39, 0.29) is 6.42 Å². The third kappa shape index (κ3) is 5.39. The lowest BCUT2D eigenvalue weighted by Crippen LogP contribution is -2.34. The summed E-state index contributed by atoms with van der Waals surface area (Å²) in [7, 11) is -6.48. The zero-order valence-electron chi connectivity index (χ0n) is 9.05. The fourth-order valence-corrected chi connectivity index (χ4v) is 2.06. The predicted octanol–water partition coefficient (Wildman–Crippen LogP) is 0.0841. The summed E-state index contributed by atoms with van der Waals surface area (Å²) in [5.74, 6) is -2.59. The number of nitrogens with two attached hydrogens (primary N) is 1. The topological polar surface area (TPSA) is 142 Å². The maximum atomic E-state index is 10.6. The van der Waals surface area contributed by atoms with E-state index in [1.54, 1.807) is 12.1 Å². The van der Waals surface area contributed by atoms with Crippen LogP contribution in [0.25, 0.3) is 0 Å². The molecule has 0 fully saturated rings. The first kappa shape index (κ1) is 15.5. The second-order valence-electron chi connectivity index (χ2n) is 3.34. The molecule has 18 heavy (non-hydrogen) atoms. The summed E-state index contributed by atoms with van der Waals surface area (Å²) in [6.07, 6.45) is -0.371. The predicted molar refractivity (Wildman–Crippen MR) is 64.3 cm³/mol. The Labute approximate surface area is 105 Å². The van der Waals surface area contributed by atoms with E-state index >= 15 is 0 Å². The van der Waals surface area contributed by atoms with Gasteiger partial charge >= 0.3 is 16.9 Å². The second-order valence-corrected chi connectivity index (χ2v) is 4.77. The van der Waals surface area contributed by atoms with Crippen LogP contribution in [0.2, 0.25) is 0 Å². The Hall–Kier alpha value is -0.560. The van der Waals surface area contributed by atoms with Crippen molar-refractivity contribution in [1.82, 2.24) is 0 Å². The molecule has 0 aromatic heterocycles. The van der Waals surface area contributed by atoms with E-state index in [1.807, 2.05) is 0 Å². The van der Waals surface area contributed by atoms with Crippen LogP contribution in [0.4, 0.5) is 5.69 Å². The van der Waals surface area contributed by atoms with Gasteiger partial charge in [0, 0.05) is 5.69 Å². The largest absolute Gasteiger partial charge is 0.399 e. The van der Waals surface area contributed by atoms with Crippen LogP contribution in [-0.4, -0.2) is 25.8 Å². The minimum Gasteiger partial charge on any atom is -0.399 e. The highest BCUT2D eigenvalue weighted by molar-refractivity contribution is 7.39. The molecule has 0 bridgehead atoms. The van der Waals surface area contributed by atoms with Crippen LogP contribution in [0, 0.1) is 0 Å². The summed E-state index contributed by atoms with van der Waals surface area (Å²) in [5.41, 5.74) is 6.42. The van der Waals surface area contributed by atoms with Gasteiger partial charge < -0.3 is 25.5 Å². The summed E-state index contributed by atoms with van der Waals surface area (Å²) in [5, 5.41) is 9.76. The number of hydrogen-bond donors (Lipinski definition) is 5. The standard InChI is InChI=1S/C8H13NO7P2/c9-7-3-1-6(2-4-7)5-8(10,15-17(11)12)16-18(13)14/h1-4,10-12,18H,5,9H2,(H,13,14). The van der Waals surface area contributed by atoms with Gasteiger partial charge in [-0.1, -0.05) is 12.1 Å². The van der Waals surface area contributed by atoms with Gasteiger partial charge in [0.15, 0.2) is 0 Å². The fourth-order valence-electron chi connectivity index (χ4n) is 1.24. The number of nitrogen functional groups attached to an aromatic ring is 1. The third-order valence-electron chi connectivity index (χ3n) is 1.88. The highest BCUT2D eigenvalue weighted by Crippen LogP contribution is 2.38. The Morgan fingerprint density at radius 2 is 1.89 bits per heavy atom. The molecule has 2 atom stereocenters. The Morgan fingerprint density at radius 3 is 2.33 bits per heavy atom. The van der Waals surface area contributed by atoms with Crippen molar-refractivity contribution in [3.63, 3.8) is 0 Å². The molecular formula is C8H13NO7P2. The molecule has 1 aromatic rings. The molecule has 0 heterocycles. The van der Waals surface area contributed by atoms with Gasteiger partial charge in [-0.15, -0.1) is 0 Å². The number of hydrogen-bond acceptors (Lipinski definition) is 7. The molecule has 0 amide bonds. The van der Waals surface area contributed by atoms with Crippen molar-refractivity contribution in [2.45, 2.75) is 12.4 Å². The molecule has 1 rings (SSSR count). The first-order valence-electron chi connectivity index (χ1n) is 4.66. The van der Waals surface area contributed by atoms with Gasteiger partial charge in [0.2, 0.25) is 0 Å². The van der Waals surface area contributed by atoms with Gasteiger partial charge in [0.1, 0.15) is 0 Å². The molecule has 0 aliphatic heterocycles. The van der Waals surface area contributed by atoms with E-state index in [0.29, 0.717) is 11.3 Å². The van der Waals surface area contributed by atoms with E-state index in [4.69, 9.17) is 20.4 Å². The van der Waals surface area contributed by atoms with E-state index < -0.39 is 22.8 Å². The molecule has 0 spiro atoms. The van der Waals surface area contributed by atoms with Crippen molar-refractivity contribution in [3.8, 4) is 0 Å². The number of aliphatic hydroxyl groups is 1. The maximum Gasteiger partial charge on any atom is 0.331 e. The van der Waals surface area contributed by atoms with Crippen molar-refractivity contribution in [2.75, 3.05) is 5.73 Å². The van der Waals surface area contributed by atoms with Gasteiger partial charge in [-0.2, -0.15) is 0 Å². The molecule has 102 valence electrons. The van der Waals surface area contributed by atoms with Crippen molar-refractivity contribution in [1.29, 1.82) is 0 Å². The number of anilines is 1. The Morgan fingerprint density at radius 1 is 1.33 bits per heavy atom. The lowest BCUT2D eigenvalue weighted by molar-refractivity contribution is -0.274. The molecule has 2 unspecified atom stereocenters. The molecular weight excluding hydrogens is 284 g/mol. The Bertz CT molecular complexity index is 412. The van der Waals surface area contributed by atoms with Crippen LogP contribution >= 0.6 is 16.9 Å². The first-order valence-corrected chi connectivity index (χ1v) is 7.09. The van der Waals surface area contributed by atoms with E-state index in [2.05, 4.69) is 9.05 Å². The van der Waals surface area contributed by atoms with Crippen molar-refractivity contribution < 1.29 is 33.4 Å². The number of benzene rings is 1. The second kappa shape index (κ2) is 6.56. The van der Waals surface area contributed by atoms with E-state index in [0.717, 1.165) is 0 Å². The molecule has 8 nitrogen and oxygen atoms in total. The SMILES string of the molecule is Nc1ccc(CC(O)(OP(O)O)O[PH](=O)O)cc1. The quantitative estimate of drug-likeness (QED) is 0.282. The fraction of sp³-hybridized carbons (Fsp3) is 0.250. The average Bonchev–Trinajstić information content (AvgIpc) is 2.18. The maximum absolute atomic E-state index is 10.6. The van der Waals surface area contributed by atoms with Gasteiger partial charge in [-0.3, -0.25) is 13.6 Å². The smallest absolute Gasteiger partial charge is 0.331 e. The van der Waals surface area contributed by atoms with Crippen molar-refractivity contribution in [2.24, 2.45) is 0 Å². The third-order valence-corrected chi connectivity index (χ3v) is 2.82. The number of rotatable bonds is 6. The summed E-state index contributed by atoms with van der Waals surface area (Å²) >= 11 is 0. The molecule has 1 aromatic carbocycles. The van der Waals surface area contributed by atoms with Crippen LogP contribution in [0.3, 0.4) is 0 Å². The monoisotopic (exact) mass is 297 g/mol. The lowest BCUT2D eigenvalue weighted by atomic mass is 10.1. The van der Waals surface area contributed by atoms with Crippen LogP contribution < -0.4 is 5.73 Å². The Kier molecular flexibility index (Phi) is 5.65. The van der Waals surface area contributed by atoms with E-state index in [9.17, 15) is 9.67 Å². The van der Waals surface area contributed by atoms with Gasteiger partial charge in [0.25, 0.3) is 5.97 Å². The molecule has 10 heteroatoms. The Balaban J connectivity index is 2.83. The van der Waals surface area contributed by atoms with Gasteiger partial charge in [0.05, 0.1) is 6.42 Å². The normalized spacial score (nSPS) is 16.5. The minimum atomic E-state index is -3.53. The van der Waals surface area contributed by atoms with Crippen molar-refractivity contribution >= 4 is 22.5 Å². The van der Waals surface area contributed by atoms with Gasteiger partial charge in [-0.05, 0) is 17.7 Å². The first-order chi connectivity index (χ1) is 8.31. The summed E-state index contributed by atoms with van der Waals surface area (Å²) in [6, 6.07) is 6.13. The molecule has 0 radical (unpaired) electrons. The van der Waals surface area contributed by atoms with Gasteiger partial charge in [-0.25, -0.2) is 0 Å². The average molecular weight is 297 g/mol. The van der Waals surface area contributed by atoms with Crippen molar-refractivity contribution in [3.05, 3.63) is 29.8 Å². The summed E-state index contributed by atoms with van der Waals surface area (Å²) in [6.45, 7) is 0. The minimum absolute atomic E-state index is 0.371. The molecule has 0 saturated carbocycles. The molecule has 0 aliphatic rings. The van der Waals surface area contributed by atoms with Crippen LogP contribution in [0.5, 0.6) is 0 Å². The zero-order valence-corrected chi connectivity index (χ0v) is 10.9. The highest BCUT2D eigenvalue weighted by Gasteiger charge is 2.35. The zero-order chi connectivity index (χ0) is 13.8. The highest BCUT2D eigenvalue weighted by atomic mass is 31.2. The summed E-state index contributed by atoms with van der Waals surface area (Å²) < 4.78 is 19.2. The van der Waals surface area contributed by atoms with Crippen LogP contribution in [-0.2, 0) is 20.0 Å². The molecule has 0 saturated heterocycles. The van der Waals surface area contributed by atoms with E-state index in [1.165, 1.54) is 12.1 Å². The molecule has 6 N–H and O–H groups in total. The van der Waals surface area contributed by atoms with Crippen LogP contribution in [0.1, 0.15) is 5.56 Å². The summed E-state index contributed by atoms with van der Waals surface area (Å²) in [4.78, 5) is 26.0. The van der Waals surface area contributed by atoms with Crippen LogP contribution in [0.15, 0.2) is 24.3 Å². The lowest BCUT2D eigenvalue weighted by Gasteiger charge is -2.26.